The second kappa shape index (κ2) is 9.75. The molecular weight excluding hydrogens is 538 g/mol. The van der Waals surface area contributed by atoms with Gasteiger partial charge in [0.2, 0.25) is 5.95 Å². The average Bonchev–Trinajstić information content (AvgIpc) is 3.87. The molecule has 4 aromatic heterocycles. The molecule has 0 aliphatic carbocycles. The van der Waals surface area contributed by atoms with Crippen molar-refractivity contribution in [2.75, 3.05) is 0 Å². The standard InChI is InChI=1S/C39H25N5/c1-2-12-26(13-3-1)32-24-33(42-39(41-32)44-35-19-9-5-14-27(35)28-15-6-10-20-36(28)44)31-17-7-11-21-37(31)43-34-18-8-4-16-29(34)30-22-23-40-25-38(30)43/h1-25H/i1D,2D,3D,4D,5D,6D,7D,8D,9D,10D,11D,12D,13D,14D,15D,16D,17D,18D,19D,20D,21D,22D,23D,24D,25D. The highest BCUT2D eigenvalue weighted by Gasteiger charge is 2.20. The van der Waals surface area contributed by atoms with Gasteiger partial charge in [0.05, 0.1) is 79.6 Å². The van der Waals surface area contributed by atoms with Crippen LogP contribution in [0.3, 0.4) is 0 Å². The summed E-state index contributed by atoms with van der Waals surface area (Å²) >= 11 is 0. The lowest BCUT2D eigenvalue weighted by atomic mass is 10.1. The number of fused-ring (bicyclic) bond motifs is 6. The summed E-state index contributed by atoms with van der Waals surface area (Å²) in [5, 5.41) is -1.91. The van der Waals surface area contributed by atoms with E-state index in [4.69, 9.17) is 30.2 Å². The first-order valence-electron chi connectivity index (χ1n) is 25.2. The maximum absolute atomic E-state index is 9.72. The van der Waals surface area contributed by atoms with E-state index in [0.29, 0.717) is 0 Å². The third-order valence-electron chi connectivity index (χ3n) is 6.76. The van der Waals surface area contributed by atoms with Gasteiger partial charge < -0.3 is 4.57 Å². The van der Waals surface area contributed by atoms with Gasteiger partial charge in [-0.25, -0.2) is 9.97 Å². The van der Waals surface area contributed by atoms with Crippen LogP contribution in [-0.2, 0) is 0 Å². The molecule has 0 aliphatic heterocycles. The Labute approximate surface area is 288 Å². The Balaban J connectivity index is 1.61. The van der Waals surface area contributed by atoms with Gasteiger partial charge in [-0.2, -0.15) is 0 Å². The van der Waals surface area contributed by atoms with Crippen LogP contribution in [0.2, 0.25) is 0 Å². The molecule has 0 atom stereocenters. The summed E-state index contributed by atoms with van der Waals surface area (Å²) in [6, 6.07) is -20.7. The van der Waals surface area contributed by atoms with Crippen LogP contribution in [0, 0.1) is 0 Å². The molecule has 0 saturated carbocycles. The van der Waals surface area contributed by atoms with Gasteiger partial charge in [-0.15, -0.1) is 0 Å². The van der Waals surface area contributed by atoms with Crippen molar-refractivity contribution < 1.29 is 34.3 Å². The third kappa shape index (κ3) is 3.69. The number of rotatable bonds is 4. The molecule has 0 aliphatic rings. The van der Waals surface area contributed by atoms with Crippen molar-refractivity contribution >= 4 is 43.6 Å². The Morgan fingerprint density at radius 3 is 1.73 bits per heavy atom. The smallest absolute Gasteiger partial charge is 0.235 e. The van der Waals surface area contributed by atoms with Crippen molar-refractivity contribution in [3.63, 3.8) is 0 Å². The summed E-state index contributed by atoms with van der Waals surface area (Å²) in [4.78, 5) is 12.7. The number of pyridine rings is 1. The van der Waals surface area contributed by atoms with Gasteiger partial charge >= 0.3 is 0 Å². The lowest BCUT2D eigenvalue weighted by Gasteiger charge is -2.16. The van der Waals surface area contributed by atoms with Gasteiger partial charge in [0.25, 0.3) is 0 Å². The number of hydrogen-bond donors (Lipinski definition) is 0. The van der Waals surface area contributed by atoms with E-state index in [9.17, 15) is 4.11 Å². The first kappa shape index (κ1) is 10.3. The first-order chi connectivity index (χ1) is 32.2. The van der Waals surface area contributed by atoms with Crippen LogP contribution in [0.25, 0.3) is 77.8 Å². The Kier molecular flexibility index (Phi) is 2.28. The molecule has 0 saturated heterocycles. The van der Waals surface area contributed by atoms with E-state index in [-0.39, 0.29) is 0 Å². The number of para-hydroxylation sites is 4. The Hall–Kier alpha value is -6.07. The molecule has 4 heterocycles. The zero-order chi connectivity index (χ0) is 50.8. The third-order valence-corrected chi connectivity index (χ3v) is 6.76. The molecule has 0 radical (unpaired) electrons. The van der Waals surface area contributed by atoms with E-state index in [1.807, 2.05) is 0 Å². The lowest BCUT2D eigenvalue weighted by molar-refractivity contribution is 0.994. The van der Waals surface area contributed by atoms with Gasteiger partial charge in [0.15, 0.2) is 0 Å². The topological polar surface area (TPSA) is 48.5 Å². The van der Waals surface area contributed by atoms with Gasteiger partial charge in [0, 0.05) is 38.8 Å². The van der Waals surface area contributed by atoms with Gasteiger partial charge in [-0.3, -0.25) is 9.55 Å². The van der Waals surface area contributed by atoms with Crippen molar-refractivity contribution in [2.45, 2.75) is 0 Å². The molecule has 9 rings (SSSR count). The van der Waals surface area contributed by atoms with Crippen LogP contribution in [0.15, 0.2) is 151 Å². The van der Waals surface area contributed by atoms with E-state index in [0.717, 1.165) is 9.13 Å². The molecule has 0 amide bonds. The molecular formula is C39H25N5. The van der Waals surface area contributed by atoms with E-state index in [2.05, 4.69) is 15.0 Å². The molecule has 0 bridgehead atoms. The maximum Gasteiger partial charge on any atom is 0.235 e. The molecule has 0 unspecified atom stereocenters. The minimum atomic E-state index is -1.05. The fourth-order valence-electron chi connectivity index (χ4n) is 4.98. The van der Waals surface area contributed by atoms with Crippen molar-refractivity contribution in [1.82, 2.24) is 24.1 Å². The van der Waals surface area contributed by atoms with Crippen LogP contribution < -0.4 is 0 Å². The van der Waals surface area contributed by atoms with Crippen LogP contribution in [0.1, 0.15) is 34.3 Å². The molecule has 5 heteroatoms. The maximum atomic E-state index is 9.72. The van der Waals surface area contributed by atoms with Crippen molar-refractivity contribution in [3.05, 3.63) is 151 Å². The monoisotopic (exact) mass is 588 g/mol. The minimum absolute atomic E-state index is 0.469. The second-order valence-electron chi connectivity index (χ2n) is 9.10. The van der Waals surface area contributed by atoms with Crippen molar-refractivity contribution in [1.29, 1.82) is 0 Å². The highest BCUT2D eigenvalue weighted by Crippen LogP contribution is 2.37. The number of hydrogen-bond acceptors (Lipinski definition) is 3. The van der Waals surface area contributed by atoms with Gasteiger partial charge in [-0.1, -0.05) is 103 Å². The van der Waals surface area contributed by atoms with E-state index in [1.54, 1.807) is 0 Å². The normalized spacial score (nSPS) is 19.6. The predicted molar refractivity (Wildman–Crippen MR) is 179 cm³/mol. The largest absolute Gasteiger partial charge is 0.307 e. The quantitative estimate of drug-likeness (QED) is 0.206. The summed E-state index contributed by atoms with van der Waals surface area (Å²) in [6.45, 7) is 0. The summed E-state index contributed by atoms with van der Waals surface area (Å²) in [5.74, 6) is -0.907. The fourth-order valence-corrected chi connectivity index (χ4v) is 4.98. The predicted octanol–water partition coefficient (Wildman–Crippen LogP) is 9.40. The molecule has 5 nitrogen and oxygen atoms in total. The second-order valence-corrected chi connectivity index (χ2v) is 9.10. The van der Waals surface area contributed by atoms with Crippen LogP contribution >= 0.6 is 0 Å². The Bertz CT molecular complexity index is 3810. The molecule has 0 N–H and O–H groups in total. The Morgan fingerprint density at radius 2 is 1.02 bits per heavy atom. The van der Waals surface area contributed by atoms with Crippen LogP contribution in [0.4, 0.5) is 0 Å². The minimum Gasteiger partial charge on any atom is -0.307 e. The van der Waals surface area contributed by atoms with Gasteiger partial charge in [-0.05, 0) is 36.3 Å². The Morgan fingerprint density at radius 1 is 0.477 bits per heavy atom. The summed E-state index contributed by atoms with van der Waals surface area (Å²) in [6.07, 6.45) is -1.67. The molecule has 44 heavy (non-hydrogen) atoms. The van der Waals surface area contributed by atoms with Gasteiger partial charge in [0.1, 0.15) is 0 Å². The van der Waals surface area contributed by atoms with Crippen molar-refractivity contribution in [3.8, 4) is 34.2 Å². The summed E-state index contributed by atoms with van der Waals surface area (Å²) in [5.41, 5.74) is -6.68. The van der Waals surface area contributed by atoms with Crippen LogP contribution in [-0.4, -0.2) is 24.1 Å². The average molecular weight is 589 g/mol. The zero-order valence-corrected chi connectivity index (χ0v) is 21.7. The molecule has 0 spiro atoms. The summed E-state index contributed by atoms with van der Waals surface area (Å²) < 4.78 is 222. The first-order valence-corrected chi connectivity index (χ1v) is 12.7. The highest BCUT2D eigenvalue weighted by atomic mass is 15.2. The SMILES string of the molecule is [2H]c1nc([2H])c2c(c1[2H])c1c([2H])c([2H])c([2H])c([2H])c1n2-c1c([2H])c([2H])c([2H])c([2H])c1-c1nc(-n2c3c([2H])c([2H])c([2H])c([2H])c3c3c([2H])c([2H])c([2H])c([2H])c32)nc(-c2c([2H])c([2H])c([2H])c([2H])c2[2H])c1[2H]. The zero-order valence-electron chi connectivity index (χ0n) is 46.7. The van der Waals surface area contributed by atoms with Crippen molar-refractivity contribution in [2.24, 2.45) is 0 Å². The van der Waals surface area contributed by atoms with E-state index in [1.165, 1.54) is 0 Å². The molecule has 206 valence electrons. The molecule has 5 aromatic carbocycles. The summed E-state index contributed by atoms with van der Waals surface area (Å²) in [7, 11) is 0. The lowest BCUT2D eigenvalue weighted by Crippen LogP contribution is -2.05. The fraction of sp³-hybridized carbons (Fsp3) is 0. The molecule has 9 aromatic rings. The number of nitrogens with zero attached hydrogens (tertiary/aromatic N) is 5. The van der Waals surface area contributed by atoms with E-state index >= 15 is 0 Å². The number of aromatic nitrogens is 5. The van der Waals surface area contributed by atoms with Crippen LogP contribution in [0.5, 0.6) is 0 Å². The number of benzene rings is 5. The highest BCUT2D eigenvalue weighted by molar-refractivity contribution is 6.10. The van der Waals surface area contributed by atoms with E-state index < -0.39 is 229 Å². The molecule has 0 fully saturated rings.